The largest absolute Gasteiger partial charge is 0.368 e. The van der Waals surface area contributed by atoms with Crippen molar-refractivity contribution in [2.24, 2.45) is 11.7 Å². The second kappa shape index (κ2) is 8.51. The molecule has 0 rings (SSSR count). The molecule has 0 radical (unpaired) electrons. The van der Waals surface area contributed by atoms with Gasteiger partial charge in [-0.25, -0.2) is 0 Å². The average molecular weight is 272 g/mol. The number of amides is 1. The zero-order valence-electron chi connectivity index (χ0n) is 13.5. The van der Waals surface area contributed by atoms with Crippen molar-refractivity contribution in [1.29, 1.82) is 0 Å². The third-order valence-corrected chi connectivity index (χ3v) is 3.14. The Balaban J connectivity index is 4.69. The minimum atomic E-state index is -0.657. The molecule has 0 aromatic carbocycles. The lowest BCUT2D eigenvalue weighted by atomic mass is 10.00. The predicted octanol–water partition coefficient (Wildman–Crippen LogP) is 0.360. The normalized spacial score (nSPS) is 15.2. The lowest BCUT2D eigenvalue weighted by molar-refractivity contribution is -0.124. The fourth-order valence-electron chi connectivity index (χ4n) is 2.15. The molecule has 0 aromatic heterocycles. The van der Waals surface area contributed by atoms with E-state index < -0.39 is 5.54 Å². The zero-order valence-corrected chi connectivity index (χ0v) is 13.5. The van der Waals surface area contributed by atoms with Gasteiger partial charge in [0.1, 0.15) is 5.54 Å². The number of hydrogen-bond acceptors (Lipinski definition) is 4. The fourth-order valence-corrected chi connectivity index (χ4v) is 2.15. The first-order chi connectivity index (χ1) is 8.71. The van der Waals surface area contributed by atoms with E-state index in [0.717, 1.165) is 26.2 Å². The van der Waals surface area contributed by atoms with Crippen LogP contribution in [0.1, 0.15) is 27.7 Å². The van der Waals surface area contributed by atoms with Crippen molar-refractivity contribution >= 4 is 5.91 Å². The van der Waals surface area contributed by atoms with Gasteiger partial charge in [-0.2, -0.15) is 0 Å². The van der Waals surface area contributed by atoms with E-state index in [1.807, 2.05) is 13.8 Å². The van der Waals surface area contributed by atoms with E-state index >= 15 is 0 Å². The average Bonchev–Trinajstić information content (AvgIpc) is 2.25. The van der Waals surface area contributed by atoms with Gasteiger partial charge in [0.25, 0.3) is 0 Å². The number of carbonyl (C=O) groups excluding carboxylic acids is 1. The van der Waals surface area contributed by atoms with Crippen molar-refractivity contribution in [3.8, 4) is 0 Å². The highest BCUT2D eigenvalue weighted by atomic mass is 16.1. The van der Waals surface area contributed by atoms with Gasteiger partial charge < -0.3 is 16.0 Å². The highest BCUT2D eigenvalue weighted by Crippen LogP contribution is 2.09. The van der Waals surface area contributed by atoms with Crippen LogP contribution >= 0.6 is 0 Å². The third-order valence-electron chi connectivity index (χ3n) is 3.14. The second-order valence-corrected chi connectivity index (χ2v) is 6.16. The number of primary amides is 1. The summed E-state index contributed by atoms with van der Waals surface area (Å²) in [5.74, 6) is 0.286. The molecule has 1 unspecified atom stereocenters. The maximum Gasteiger partial charge on any atom is 0.238 e. The summed E-state index contributed by atoms with van der Waals surface area (Å²) in [5.41, 5.74) is 4.90. The molecule has 0 saturated heterocycles. The summed E-state index contributed by atoms with van der Waals surface area (Å²) in [4.78, 5) is 16.2. The molecule has 114 valence electrons. The van der Waals surface area contributed by atoms with Crippen molar-refractivity contribution in [3.05, 3.63) is 0 Å². The lowest BCUT2D eigenvalue weighted by Crippen LogP contribution is -2.60. The van der Waals surface area contributed by atoms with Gasteiger partial charge in [-0.15, -0.1) is 0 Å². The standard InChI is InChI=1S/C14H32N4O/c1-7-16-14(4,13(15)19)11-18(10-12(2)3)9-8-17(5)6/h12,16H,7-11H2,1-6H3,(H2,15,19). The monoisotopic (exact) mass is 272 g/mol. The van der Waals surface area contributed by atoms with Crippen molar-refractivity contribution in [2.75, 3.05) is 46.8 Å². The number of hydrogen-bond donors (Lipinski definition) is 2. The highest BCUT2D eigenvalue weighted by molar-refractivity contribution is 5.84. The molecular weight excluding hydrogens is 240 g/mol. The molecule has 5 nitrogen and oxygen atoms in total. The van der Waals surface area contributed by atoms with E-state index in [0.29, 0.717) is 12.5 Å². The SMILES string of the molecule is CCNC(C)(CN(CCN(C)C)CC(C)C)C(N)=O. The Kier molecular flexibility index (Phi) is 8.22. The molecule has 1 amide bonds. The number of likely N-dealkylation sites (N-methyl/N-ethyl adjacent to an activating group) is 2. The van der Waals surface area contributed by atoms with Crippen molar-refractivity contribution in [2.45, 2.75) is 33.2 Å². The Hall–Kier alpha value is -0.650. The van der Waals surface area contributed by atoms with Crippen LogP contribution in [0.15, 0.2) is 0 Å². The Morgan fingerprint density at radius 3 is 2.26 bits per heavy atom. The van der Waals surface area contributed by atoms with Crippen molar-refractivity contribution < 1.29 is 4.79 Å². The number of carbonyl (C=O) groups is 1. The maximum absolute atomic E-state index is 11.7. The first kappa shape index (κ1) is 18.4. The molecule has 0 bridgehead atoms. The Bertz CT molecular complexity index is 268. The molecule has 1 atom stereocenters. The molecule has 0 aromatic rings. The quantitative estimate of drug-likeness (QED) is 0.603. The fraction of sp³-hybridized carbons (Fsp3) is 0.929. The zero-order chi connectivity index (χ0) is 15.1. The topological polar surface area (TPSA) is 61.6 Å². The molecule has 0 fully saturated rings. The number of nitrogens with one attached hydrogen (secondary N) is 1. The molecule has 0 aliphatic carbocycles. The number of rotatable bonds is 10. The molecule has 0 spiro atoms. The van der Waals surface area contributed by atoms with Gasteiger partial charge in [-0.05, 0) is 33.5 Å². The molecule has 3 N–H and O–H groups in total. The van der Waals surface area contributed by atoms with E-state index in [1.54, 1.807) is 0 Å². The Labute approximate surface area is 118 Å². The van der Waals surface area contributed by atoms with Crippen LogP contribution in [0.2, 0.25) is 0 Å². The van der Waals surface area contributed by atoms with Gasteiger partial charge in [0, 0.05) is 26.2 Å². The minimum Gasteiger partial charge on any atom is -0.368 e. The van der Waals surface area contributed by atoms with E-state index in [1.165, 1.54) is 0 Å². The predicted molar refractivity (Wildman–Crippen MR) is 81.1 cm³/mol. The van der Waals surface area contributed by atoms with Crippen LogP contribution in [0.25, 0.3) is 0 Å². The molecule has 0 aliphatic heterocycles. The van der Waals surface area contributed by atoms with Gasteiger partial charge in [0.05, 0.1) is 0 Å². The van der Waals surface area contributed by atoms with Crippen molar-refractivity contribution in [1.82, 2.24) is 15.1 Å². The molecule has 0 aliphatic rings. The summed E-state index contributed by atoms with van der Waals surface area (Å²) in [6.07, 6.45) is 0. The van der Waals surface area contributed by atoms with Crippen molar-refractivity contribution in [3.63, 3.8) is 0 Å². The second-order valence-electron chi connectivity index (χ2n) is 6.16. The molecule has 19 heavy (non-hydrogen) atoms. The highest BCUT2D eigenvalue weighted by Gasteiger charge is 2.32. The maximum atomic E-state index is 11.7. The summed E-state index contributed by atoms with van der Waals surface area (Å²) in [7, 11) is 4.12. The summed E-state index contributed by atoms with van der Waals surface area (Å²) in [5, 5.41) is 3.22. The van der Waals surface area contributed by atoms with E-state index in [-0.39, 0.29) is 5.91 Å². The summed E-state index contributed by atoms with van der Waals surface area (Å²) < 4.78 is 0. The van der Waals surface area contributed by atoms with Crippen LogP contribution in [0.3, 0.4) is 0 Å². The third kappa shape index (κ3) is 7.50. The summed E-state index contributed by atoms with van der Waals surface area (Å²) >= 11 is 0. The van der Waals surface area contributed by atoms with Gasteiger partial charge in [-0.3, -0.25) is 9.69 Å². The molecule has 5 heteroatoms. The first-order valence-corrected chi connectivity index (χ1v) is 7.13. The van der Waals surface area contributed by atoms with Gasteiger partial charge in [-0.1, -0.05) is 20.8 Å². The van der Waals surface area contributed by atoms with Gasteiger partial charge in [0.15, 0.2) is 0 Å². The molecule has 0 heterocycles. The number of nitrogens with zero attached hydrogens (tertiary/aromatic N) is 2. The van der Waals surface area contributed by atoms with Crippen LogP contribution in [-0.4, -0.2) is 68.1 Å². The number of nitrogens with two attached hydrogens (primary N) is 1. The summed E-state index contributed by atoms with van der Waals surface area (Å²) in [6, 6.07) is 0. The first-order valence-electron chi connectivity index (χ1n) is 7.13. The summed E-state index contributed by atoms with van der Waals surface area (Å²) in [6.45, 7) is 12.6. The van der Waals surface area contributed by atoms with Crippen LogP contribution in [0.5, 0.6) is 0 Å². The van der Waals surface area contributed by atoms with E-state index in [9.17, 15) is 4.79 Å². The van der Waals surface area contributed by atoms with E-state index in [4.69, 9.17) is 5.73 Å². The lowest BCUT2D eigenvalue weighted by Gasteiger charge is -2.35. The van der Waals surface area contributed by atoms with Crippen LogP contribution in [0.4, 0.5) is 0 Å². The Morgan fingerprint density at radius 1 is 1.32 bits per heavy atom. The van der Waals surface area contributed by atoms with Crippen LogP contribution in [-0.2, 0) is 4.79 Å². The minimum absolute atomic E-state index is 0.284. The van der Waals surface area contributed by atoms with Crippen LogP contribution < -0.4 is 11.1 Å². The smallest absolute Gasteiger partial charge is 0.238 e. The Morgan fingerprint density at radius 2 is 1.89 bits per heavy atom. The molecular formula is C14H32N4O. The van der Waals surface area contributed by atoms with Gasteiger partial charge >= 0.3 is 0 Å². The van der Waals surface area contributed by atoms with E-state index in [2.05, 4.69) is 43.1 Å². The van der Waals surface area contributed by atoms with Crippen LogP contribution in [0, 0.1) is 5.92 Å². The van der Waals surface area contributed by atoms with Gasteiger partial charge in [0.2, 0.25) is 5.91 Å². The molecule has 0 saturated carbocycles.